The molecule has 7 nitrogen and oxygen atoms in total. The molecule has 9 heteroatoms. The van der Waals surface area contributed by atoms with Crippen molar-refractivity contribution in [2.45, 2.75) is 27.9 Å². The minimum Gasteiger partial charge on any atom is -0.382 e. The van der Waals surface area contributed by atoms with Crippen molar-refractivity contribution in [1.29, 1.82) is 0 Å². The van der Waals surface area contributed by atoms with E-state index in [2.05, 4.69) is 15.3 Å². The molecule has 0 saturated carbocycles. The van der Waals surface area contributed by atoms with Gasteiger partial charge in [-0.1, -0.05) is 60.3 Å². The lowest BCUT2D eigenvalue weighted by Crippen LogP contribution is -2.28. The Balaban J connectivity index is 1.64. The van der Waals surface area contributed by atoms with Gasteiger partial charge >= 0.3 is 0 Å². The Morgan fingerprint density at radius 3 is 2.34 bits per heavy atom. The van der Waals surface area contributed by atoms with Crippen molar-refractivity contribution in [3.05, 3.63) is 72.4 Å². The van der Waals surface area contributed by atoms with Crippen molar-refractivity contribution in [3.63, 3.8) is 0 Å². The Labute approximate surface area is 173 Å². The lowest BCUT2D eigenvalue weighted by atomic mass is 10.1. The van der Waals surface area contributed by atoms with E-state index in [1.165, 1.54) is 18.3 Å². The monoisotopic (exact) mass is 428 g/mol. The summed E-state index contributed by atoms with van der Waals surface area (Å²) >= 11 is 1.09. The maximum absolute atomic E-state index is 12.7. The first-order chi connectivity index (χ1) is 13.9. The van der Waals surface area contributed by atoms with Crippen LogP contribution < -0.4 is 11.1 Å². The number of hydrogen-bond donors (Lipinski definition) is 2. The van der Waals surface area contributed by atoms with E-state index in [9.17, 15) is 13.2 Å². The van der Waals surface area contributed by atoms with Crippen LogP contribution in [0.1, 0.15) is 18.5 Å². The number of amides is 1. The van der Waals surface area contributed by atoms with Crippen LogP contribution >= 0.6 is 11.8 Å². The molecule has 1 aromatic heterocycles. The van der Waals surface area contributed by atoms with E-state index >= 15 is 0 Å². The van der Waals surface area contributed by atoms with Gasteiger partial charge in [-0.25, -0.2) is 18.4 Å². The van der Waals surface area contributed by atoms with Gasteiger partial charge in [0.25, 0.3) is 0 Å². The maximum atomic E-state index is 12.7. The lowest BCUT2D eigenvalue weighted by Gasteiger charge is -2.14. The third-order valence-corrected chi connectivity index (χ3v) is 6.76. The fourth-order valence-corrected chi connectivity index (χ4v) is 4.52. The van der Waals surface area contributed by atoms with Gasteiger partial charge in [-0.05, 0) is 24.6 Å². The number of thioether (sulfide) groups is 1. The SMILES string of the molecule is C[C@@H](NC(=O)CSc1ncc(S(=O)(=O)c2ccccc2)c(N)n1)c1ccccc1. The van der Waals surface area contributed by atoms with E-state index in [1.807, 2.05) is 37.3 Å². The number of benzene rings is 2. The first-order valence-electron chi connectivity index (χ1n) is 8.77. The minimum atomic E-state index is -3.80. The lowest BCUT2D eigenvalue weighted by molar-refractivity contribution is -0.119. The Bertz CT molecular complexity index is 1090. The standard InChI is InChI=1S/C20H20N4O3S2/c1-14(15-8-4-2-5-9-15)23-18(25)13-28-20-22-12-17(19(21)24-20)29(26,27)16-10-6-3-7-11-16/h2-12,14H,13H2,1H3,(H,23,25)(H2,21,22,24)/t14-/m1/s1. The predicted molar refractivity (Wildman–Crippen MR) is 112 cm³/mol. The quantitative estimate of drug-likeness (QED) is 0.439. The third-order valence-electron chi connectivity index (χ3n) is 4.11. The number of sulfone groups is 1. The van der Waals surface area contributed by atoms with Gasteiger partial charge in [0, 0.05) is 0 Å². The maximum Gasteiger partial charge on any atom is 0.230 e. The largest absolute Gasteiger partial charge is 0.382 e. The molecule has 2 aromatic carbocycles. The third kappa shape index (κ3) is 5.12. The number of nitrogens with two attached hydrogens (primary N) is 1. The zero-order valence-electron chi connectivity index (χ0n) is 15.6. The molecule has 1 amide bonds. The van der Waals surface area contributed by atoms with Crippen molar-refractivity contribution in [3.8, 4) is 0 Å². The molecule has 0 aliphatic carbocycles. The molecular weight excluding hydrogens is 408 g/mol. The molecule has 29 heavy (non-hydrogen) atoms. The van der Waals surface area contributed by atoms with E-state index in [1.54, 1.807) is 18.2 Å². The van der Waals surface area contributed by atoms with Crippen molar-refractivity contribution >= 4 is 33.3 Å². The molecule has 150 valence electrons. The van der Waals surface area contributed by atoms with Crippen LogP contribution in [-0.4, -0.2) is 30.0 Å². The smallest absolute Gasteiger partial charge is 0.230 e. The van der Waals surface area contributed by atoms with E-state index in [0.717, 1.165) is 17.3 Å². The van der Waals surface area contributed by atoms with Crippen LogP contribution in [-0.2, 0) is 14.6 Å². The Hall–Kier alpha value is -2.91. The number of carbonyl (C=O) groups is 1. The molecule has 1 atom stereocenters. The Kier molecular flexibility index (Phi) is 6.50. The summed E-state index contributed by atoms with van der Waals surface area (Å²) < 4.78 is 25.3. The molecule has 1 heterocycles. The van der Waals surface area contributed by atoms with Crippen molar-refractivity contribution in [2.24, 2.45) is 0 Å². The number of anilines is 1. The summed E-state index contributed by atoms with van der Waals surface area (Å²) in [7, 11) is -3.80. The average Bonchev–Trinajstić information content (AvgIpc) is 2.73. The van der Waals surface area contributed by atoms with Crippen LogP contribution in [0.3, 0.4) is 0 Å². The summed E-state index contributed by atoms with van der Waals surface area (Å²) in [6.45, 7) is 1.90. The van der Waals surface area contributed by atoms with Gasteiger partial charge in [-0.15, -0.1) is 0 Å². The number of rotatable bonds is 7. The van der Waals surface area contributed by atoms with Gasteiger partial charge in [0.1, 0.15) is 10.7 Å². The molecule has 3 N–H and O–H groups in total. The van der Waals surface area contributed by atoms with Gasteiger partial charge < -0.3 is 11.1 Å². The fourth-order valence-electron chi connectivity index (χ4n) is 2.61. The van der Waals surface area contributed by atoms with Crippen LogP contribution in [0.5, 0.6) is 0 Å². The van der Waals surface area contributed by atoms with E-state index in [-0.39, 0.29) is 38.5 Å². The zero-order chi connectivity index (χ0) is 20.9. The summed E-state index contributed by atoms with van der Waals surface area (Å²) in [6.07, 6.45) is 1.18. The van der Waals surface area contributed by atoms with Crippen molar-refractivity contribution in [2.75, 3.05) is 11.5 Å². The van der Waals surface area contributed by atoms with E-state index in [4.69, 9.17) is 5.73 Å². The summed E-state index contributed by atoms with van der Waals surface area (Å²) in [4.78, 5) is 20.2. The molecule has 0 saturated heterocycles. The van der Waals surface area contributed by atoms with E-state index in [0.29, 0.717) is 0 Å². The molecular formula is C20H20N4O3S2. The predicted octanol–water partition coefficient (Wildman–Crippen LogP) is 2.86. The summed E-state index contributed by atoms with van der Waals surface area (Å²) in [5.74, 6) is -0.250. The highest BCUT2D eigenvalue weighted by molar-refractivity contribution is 7.99. The number of nitrogens with one attached hydrogen (secondary N) is 1. The van der Waals surface area contributed by atoms with E-state index < -0.39 is 9.84 Å². The highest BCUT2D eigenvalue weighted by Gasteiger charge is 2.22. The van der Waals surface area contributed by atoms with Gasteiger partial charge in [-0.3, -0.25) is 4.79 Å². The number of hydrogen-bond acceptors (Lipinski definition) is 7. The number of nitrogens with zero attached hydrogens (tertiary/aromatic N) is 2. The summed E-state index contributed by atoms with van der Waals surface area (Å²) in [5, 5.41) is 3.13. The highest BCUT2D eigenvalue weighted by Crippen LogP contribution is 2.25. The summed E-state index contributed by atoms with van der Waals surface area (Å²) in [6, 6.07) is 17.4. The van der Waals surface area contributed by atoms with Crippen LogP contribution in [0.25, 0.3) is 0 Å². The number of aromatic nitrogens is 2. The average molecular weight is 429 g/mol. The van der Waals surface area contributed by atoms with Gasteiger partial charge in [0.15, 0.2) is 5.16 Å². The first-order valence-corrected chi connectivity index (χ1v) is 11.2. The van der Waals surface area contributed by atoms with Crippen molar-refractivity contribution in [1.82, 2.24) is 15.3 Å². The minimum absolute atomic E-state index is 0.0847. The molecule has 3 aromatic rings. The fraction of sp³-hybridized carbons (Fsp3) is 0.150. The second-order valence-electron chi connectivity index (χ2n) is 6.21. The molecule has 0 aliphatic heterocycles. The normalized spacial score (nSPS) is 12.3. The molecule has 0 aliphatic rings. The molecule has 0 spiro atoms. The van der Waals surface area contributed by atoms with Crippen molar-refractivity contribution < 1.29 is 13.2 Å². The van der Waals surface area contributed by atoms with Gasteiger partial charge in [0.05, 0.1) is 22.9 Å². The van der Waals surface area contributed by atoms with Gasteiger partial charge in [-0.2, -0.15) is 0 Å². The molecule has 0 bridgehead atoms. The topological polar surface area (TPSA) is 115 Å². The second kappa shape index (κ2) is 9.06. The number of nitrogen functional groups attached to an aromatic ring is 1. The van der Waals surface area contributed by atoms with Crippen LogP contribution in [0, 0.1) is 0 Å². The zero-order valence-corrected chi connectivity index (χ0v) is 17.3. The Morgan fingerprint density at radius 2 is 1.72 bits per heavy atom. The van der Waals surface area contributed by atoms with Gasteiger partial charge in [0.2, 0.25) is 15.7 Å². The number of carbonyl (C=O) groups excluding carboxylic acids is 1. The first kappa shape index (κ1) is 20.8. The molecule has 0 fully saturated rings. The molecule has 0 unspecified atom stereocenters. The summed E-state index contributed by atoms with van der Waals surface area (Å²) in [5.41, 5.74) is 6.87. The Morgan fingerprint density at radius 1 is 1.10 bits per heavy atom. The second-order valence-corrected chi connectivity index (χ2v) is 9.07. The molecule has 3 rings (SSSR count). The van der Waals surface area contributed by atoms with Crippen LogP contribution in [0.2, 0.25) is 0 Å². The molecule has 0 radical (unpaired) electrons. The van der Waals surface area contributed by atoms with Crippen LogP contribution in [0.15, 0.2) is 81.8 Å². The highest BCUT2D eigenvalue weighted by atomic mass is 32.2. The van der Waals surface area contributed by atoms with Crippen LogP contribution in [0.4, 0.5) is 5.82 Å².